The number of benzene rings is 2. The van der Waals surface area contributed by atoms with Crippen LogP contribution in [0.3, 0.4) is 0 Å². The van der Waals surface area contributed by atoms with Crippen LogP contribution < -0.4 is 15.2 Å². The Kier molecular flexibility index (Phi) is 5.59. The summed E-state index contributed by atoms with van der Waals surface area (Å²) in [6.45, 7) is 4.77. The van der Waals surface area contributed by atoms with Crippen molar-refractivity contribution in [2.75, 3.05) is 18.6 Å². The molecule has 0 aliphatic carbocycles. The van der Waals surface area contributed by atoms with E-state index in [4.69, 9.17) is 9.47 Å². The van der Waals surface area contributed by atoms with Crippen LogP contribution in [0.1, 0.15) is 29.5 Å². The second-order valence-electron chi connectivity index (χ2n) is 7.79. The van der Waals surface area contributed by atoms with Gasteiger partial charge in [0.1, 0.15) is 11.9 Å². The molecule has 6 nitrogen and oxygen atoms in total. The molecule has 0 spiro atoms. The summed E-state index contributed by atoms with van der Waals surface area (Å²) in [5.41, 5.74) is 3.92. The zero-order valence-electron chi connectivity index (χ0n) is 17.5. The highest BCUT2D eigenvalue weighted by Crippen LogP contribution is 2.27. The van der Waals surface area contributed by atoms with E-state index in [9.17, 15) is 9.59 Å². The van der Waals surface area contributed by atoms with Crippen LogP contribution in [0.25, 0.3) is 10.9 Å². The van der Waals surface area contributed by atoms with Crippen LogP contribution in [0.4, 0.5) is 5.69 Å². The number of methoxy groups -OCH3 is 1. The van der Waals surface area contributed by atoms with E-state index in [-0.39, 0.29) is 18.0 Å². The maximum absolute atomic E-state index is 13.3. The minimum Gasteiger partial charge on any atom is -0.497 e. The standard InChI is InChI=1S/C24H26N2O4/c1-15-6-9-21(16(2)11-15)26(24(28)22-5-4-10-30-22)14-18-12-17-7-8-19(29-3)13-20(17)25-23(18)27/h6-9,11-13,22H,4-5,10,14H2,1-3H3,(H,25,27). The summed E-state index contributed by atoms with van der Waals surface area (Å²) in [5, 5.41) is 0.885. The first kappa shape index (κ1) is 20.2. The van der Waals surface area contributed by atoms with Crippen LogP contribution in [-0.4, -0.2) is 30.7 Å². The van der Waals surface area contributed by atoms with Gasteiger partial charge in [0.25, 0.3) is 11.5 Å². The van der Waals surface area contributed by atoms with E-state index in [1.54, 1.807) is 18.1 Å². The number of aryl methyl sites for hydroxylation is 2. The van der Waals surface area contributed by atoms with Gasteiger partial charge >= 0.3 is 0 Å². The largest absolute Gasteiger partial charge is 0.497 e. The molecule has 2 heterocycles. The zero-order valence-corrected chi connectivity index (χ0v) is 17.5. The van der Waals surface area contributed by atoms with Crippen molar-refractivity contribution in [3.05, 3.63) is 69.5 Å². The predicted molar refractivity (Wildman–Crippen MR) is 117 cm³/mol. The highest BCUT2D eigenvalue weighted by molar-refractivity contribution is 5.97. The van der Waals surface area contributed by atoms with Crippen molar-refractivity contribution in [3.8, 4) is 5.75 Å². The van der Waals surface area contributed by atoms with Crippen molar-refractivity contribution < 1.29 is 14.3 Å². The summed E-state index contributed by atoms with van der Waals surface area (Å²) < 4.78 is 10.9. The van der Waals surface area contributed by atoms with Gasteiger partial charge in [-0.25, -0.2) is 0 Å². The van der Waals surface area contributed by atoms with E-state index in [2.05, 4.69) is 4.98 Å². The third kappa shape index (κ3) is 3.96. The molecule has 1 atom stereocenters. The molecular formula is C24H26N2O4. The first-order valence-electron chi connectivity index (χ1n) is 10.2. The molecule has 2 aromatic carbocycles. The van der Waals surface area contributed by atoms with Gasteiger partial charge < -0.3 is 19.4 Å². The van der Waals surface area contributed by atoms with E-state index in [1.165, 1.54) is 0 Å². The summed E-state index contributed by atoms with van der Waals surface area (Å²) in [5.74, 6) is 0.574. The molecule has 1 unspecified atom stereocenters. The molecular weight excluding hydrogens is 380 g/mol. The maximum atomic E-state index is 13.3. The molecule has 1 aliphatic rings. The molecule has 3 aromatic rings. The monoisotopic (exact) mass is 406 g/mol. The Morgan fingerprint density at radius 2 is 2.03 bits per heavy atom. The number of anilines is 1. The number of hydrogen-bond acceptors (Lipinski definition) is 4. The molecule has 0 saturated carbocycles. The summed E-state index contributed by atoms with van der Waals surface area (Å²) >= 11 is 0. The Labute approximate surface area is 175 Å². The summed E-state index contributed by atoms with van der Waals surface area (Å²) in [4.78, 5) is 30.7. The molecule has 0 bridgehead atoms. The Morgan fingerprint density at radius 1 is 1.20 bits per heavy atom. The van der Waals surface area contributed by atoms with Crippen LogP contribution >= 0.6 is 0 Å². The molecule has 4 rings (SSSR count). The number of nitrogens with one attached hydrogen (secondary N) is 1. The van der Waals surface area contributed by atoms with E-state index < -0.39 is 6.10 Å². The van der Waals surface area contributed by atoms with Gasteiger partial charge in [0.05, 0.1) is 19.2 Å². The van der Waals surface area contributed by atoms with Crippen molar-refractivity contribution in [3.63, 3.8) is 0 Å². The molecule has 156 valence electrons. The fraction of sp³-hybridized carbons (Fsp3) is 0.333. The Hall–Kier alpha value is -3.12. The molecule has 1 aromatic heterocycles. The quantitative estimate of drug-likeness (QED) is 0.698. The van der Waals surface area contributed by atoms with E-state index in [0.29, 0.717) is 29.9 Å². The first-order valence-corrected chi connectivity index (χ1v) is 10.2. The topological polar surface area (TPSA) is 71.6 Å². The summed E-state index contributed by atoms with van der Waals surface area (Å²) in [6, 6.07) is 13.3. The lowest BCUT2D eigenvalue weighted by Gasteiger charge is -2.27. The average molecular weight is 406 g/mol. The Bertz CT molecular complexity index is 1150. The number of H-pyrrole nitrogens is 1. The molecule has 1 N–H and O–H groups in total. The lowest BCUT2D eigenvalue weighted by Crippen LogP contribution is -2.40. The van der Waals surface area contributed by atoms with Crippen molar-refractivity contribution in [2.24, 2.45) is 0 Å². The van der Waals surface area contributed by atoms with E-state index in [1.807, 2.05) is 50.2 Å². The fourth-order valence-electron chi connectivity index (χ4n) is 3.98. The van der Waals surface area contributed by atoms with Gasteiger partial charge in [-0.1, -0.05) is 17.7 Å². The number of pyridine rings is 1. The van der Waals surface area contributed by atoms with Crippen LogP contribution in [0, 0.1) is 13.8 Å². The molecule has 0 radical (unpaired) electrons. The molecule has 1 fully saturated rings. The Morgan fingerprint density at radius 3 is 2.73 bits per heavy atom. The summed E-state index contributed by atoms with van der Waals surface area (Å²) in [6.07, 6.45) is 1.11. The third-order valence-electron chi connectivity index (χ3n) is 5.57. The number of fused-ring (bicyclic) bond motifs is 1. The minimum absolute atomic E-state index is 0.103. The van der Waals surface area contributed by atoms with Gasteiger partial charge in [0.2, 0.25) is 0 Å². The molecule has 1 amide bonds. The smallest absolute Gasteiger partial charge is 0.256 e. The number of carbonyl (C=O) groups excluding carboxylic acids is 1. The SMILES string of the molecule is COc1ccc2cc(CN(C(=O)C3CCCO3)c3ccc(C)cc3C)c(=O)[nH]c2c1. The van der Waals surface area contributed by atoms with E-state index in [0.717, 1.165) is 28.6 Å². The van der Waals surface area contributed by atoms with Gasteiger partial charge in [0, 0.05) is 23.9 Å². The lowest BCUT2D eigenvalue weighted by atomic mass is 10.1. The lowest BCUT2D eigenvalue weighted by molar-refractivity contribution is -0.127. The van der Waals surface area contributed by atoms with Gasteiger partial charge in [-0.15, -0.1) is 0 Å². The number of carbonyl (C=O) groups is 1. The number of aromatic amines is 1. The minimum atomic E-state index is -0.463. The van der Waals surface area contributed by atoms with Crippen LogP contribution in [0.15, 0.2) is 47.3 Å². The van der Waals surface area contributed by atoms with E-state index >= 15 is 0 Å². The van der Waals surface area contributed by atoms with Gasteiger partial charge in [0.15, 0.2) is 0 Å². The van der Waals surface area contributed by atoms with Crippen molar-refractivity contribution in [1.29, 1.82) is 0 Å². The highest BCUT2D eigenvalue weighted by Gasteiger charge is 2.30. The highest BCUT2D eigenvalue weighted by atomic mass is 16.5. The number of amides is 1. The normalized spacial score (nSPS) is 16.0. The number of nitrogens with zero attached hydrogens (tertiary/aromatic N) is 1. The first-order chi connectivity index (χ1) is 14.5. The molecule has 1 saturated heterocycles. The third-order valence-corrected chi connectivity index (χ3v) is 5.57. The van der Waals surface area contributed by atoms with Crippen molar-refractivity contribution >= 4 is 22.5 Å². The Balaban J connectivity index is 1.75. The van der Waals surface area contributed by atoms with Crippen LogP contribution in [0.5, 0.6) is 5.75 Å². The van der Waals surface area contributed by atoms with Gasteiger partial charge in [-0.2, -0.15) is 0 Å². The fourth-order valence-corrected chi connectivity index (χ4v) is 3.98. The number of hydrogen-bond donors (Lipinski definition) is 1. The summed E-state index contributed by atoms with van der Waals surface area (Å²) in [7, 11) is 1.59. The molecule has 6 heteroatoms. The maximum Gasteiger partial charge on any atom is 0.256 e. The van der Waals surface area contributed by atoms with Crippen molar-refractivity contribution in [1.82, 2.24) is 4.98 Å². The predicted octanol–water partition coefficient (Wildman–Crippen LogP) is 3.87. The molecule has 30 heavy (non-hydrogen) atoms. The van der Waals surface area contributed by atoms with Gasteiger partial charge in [-0.05, 0) is 61.9 Å². The van der Waals surface area contributed by atoms with Crippen LogP contribution in [0.2, 0.25) is 0 Å². The number of aromatic nitrogens is 1. The second-order valence-corrected chi connectivity index (χ2v) is 7.79. The number of rotatable bonds is 5. The van der Waals surface area contributed by atoms with Crippen molar-refractivity contribution in [2.45, 2.75) is 39.3 Å². The van der Waals surface area contributed by atoms with Gasteiger partial charge in [-0.3, -0.25) is 9.59 Å². The second kappa shape index (κ2) is 8.32. The zero-order chi connectivity index (χ0) is 21.3. The number of ether oxygens (including phenoxy) is 2. The van der Waals surface area contributed by atoms with Crippen LogP contribution in [-0.2, 0) is 16.1 Å². The molecule has 1 aliphatic heterocycles. The average Bonchev–Trinajstić information content (AvgIpc) is 3.27.